The number of pyridine rings is 1. The number of anilines is 1. The van der Waals surface area contributed by atoms with E-state index in [4.69, 9.17) is 16.3 Å². The highest BCUT2D eigenvalue weighted by molar-refractivity contribution is 6.34. The molecule has 1 aromatic carbocycles. The van der Waals surface area contributed by atoms with Crippen molar-refractivity contribution >= 4 is 47.0 Å². The first-order valence-corrected chi connectivity index (χ1v) is 16.5. The fraction of sp³-hybridized carbons (Fsp3) is 0.344. The van der Waals surface area contributed by atoms with Gasteiger partial charge in [-0.3, -0.25) is 19.7 Å². The van der Waals surface area contributed by atoms with Gasteiger partial charge in [0, 0.05) is 64.3 Å². The average molecular weight is 759 g/mol. The molecule has 53 heavy (non-hydrogen) atoms. The zero-order chi connectivity index (χ0) is 38.0. The van der Waals surface area contributed by atoms with Crippen molar-refractivity contribution in [3.05, 3.63) is 81.1 Å². The Balaban J connectivity index is 1.10. The number of ether oxygens (including phenoxy) is 1. The van der Waals surface area contributed by atoms with Crippen LogP contribution in [0.4, 0.5) is 34.1 Å². The van der Waals surface area contributed by atoms with Crippen LogP contribution in [0.1, 0.15) is 45.9 Å². The number of alkyl halides is 3. The van der Waals surface area contributed by atoms with Crippen molar-refractivity contribution in [1.29, 1.82) is 0 Å². The number of imidazole rings is 1. The number of piperidine rings is 1. The Kier molecular flexibility index (Phi) is 10.3. The third-order valence-electron chi connectivity index (χ3n) is 8.70. The van der Waals surface area contributed by atoms with E-state index in [0.29, 0.717) is 13.1 Å². The zero-order valence-electron chi connectivity index (χ0n) is 27.9. The number of carbonyl (C=O) groups excluding carboxylic acids is 4. The quantitative estimate of drug-likeness (QED) is 0.159. The Bertz CT molecular complexity index is 2070. The van der Waals surface area contributed by atoms with Crippen molar-refractivity contribution in [2.45, 2.75) is 25.4 Å². The topological polar surface area (TPSA) is 191 Å². The largest absolute Gasteiger partial charge is 0.435 e. The van der Waals surface area contributed by atoms with Gasteiger partial charge in [-0.1, -0.05) is 11.6 Å². The van der Waals surface area contributed by atoms with E-state index in [9.17, 15) is 42.5 Å². The van der Waals surface area contributed by atoms with Gasteiger partial charge in [-0.2, -0.15) is 18.3 Å². The summed E-state index contributed by atoms with van der Waals surface area (Å²) in [4.78, 5) is 73.7. The SMILES string of the molecule is Cn1c(-c2cn(-c3ccc([N+](=O)[O-])cn3)nc2C(F)(F)F)cnc1C(=O)Nc1ccc(C(=O)N2CCN(C(=O)OC(=O)N3CCCCC3)CC2)c(Cl)c1. The number of nitrogens with one attached hydrogen (secondary N) is 1. The number of nitro groups is 1. The fourth-order valence-electron chi connectivity index (χ4n) is 5.88. The molecule has 5 heterocycles. The van der Waals surface area contributed by atoms with Gasteiger partial charge in [-0.15, -0.1) is 0 Å². The van der Waals surface area contributed by atoms with E-state index in [0.717, 1.165) is 59.2 Å². The Morgan fingerprint density at radius 3 is 2.17 bits per heavy atom. The number of benzene rings is 1. The van der Waals surface area contributed by atoms with Gasteiger partial charge in [0.15, 0.2) is 17.3 Å². The molecule has 0 radical (unpaired) electrons. The minimum absolute atomic E-state index is 0.00406. The molecule has 0 saturated carbocycles. The van der Waals surface area contributed by atoms with Crippen molar-refractivity contribution in [2.24, 2.45) is 7.05 Å². The minimum atomic E-state index is -4.92. The fourth-order valence-corrected chi connectivity index (χ4v) is 6.14. The number of nitrogens with zero attached hydrogens (tertiary/aromatic N) is 9. The molecule has 3 aromatic heterocycles. The van der Waals surface area contributed by atoms with E-state index >= 15 is 0 Å². The number of likely N-dealkylation sites (tertiary alicyclic amines) is 1. The molecular weight excluding hydrogens is 729 g/mol. The van der Waals surface area contributed by atoms with Gasteiger partial charge in [0.05, 0.1) is 33.0 Å². The maximum Gasteiger partial charge on any atom is 0.435 e. The van der Waals surface area contributed by atoms with Crippen LogP contribution in [0.15, 0.2) is 48.9 Å². The van der Waals surface area contributed by atoms with Crippen molar-refractivity contribution in [3.8, 4) is 17.1 Å². The maximum absolute atomic E-state index is 14.0. The number of piperazine rings is 1. The summed E-state index contributed by atoms with van der Waals surface area (Å²) in [5.74, 6) is -1.60. The normalized spacial score (nSPS) is 14.9. The molecular formula is C32H30ClF3N10O7. The van der Waals surface area contributed by atoms with Crippen LogP contribution in [0.5, 0.6) is 0 Å². The van der Waals surface area contributed by atoms with E-state index < -0.39 is 46.4 Å². The second-order valence-electron chi connectivity index (χ2n) is 12.1. The number of hydrogen-bond donors (Lipinski definition) is 1. The number of halogens is 4. The van der Waals surface area contributed by atoms with Gasteiger partial charge in [-0.05, 0) is 43.5 Å². The van der Waals surface area contributed by atoms with Gasteiger partial charge >= 0.3 is 18.4 Å². The molecule has 21 heteroatoms. The molecule has 1 N–H and O–H groups in total. The van der Waals surface area contributed by atoms with E-state index in [2.05, 4.69) is 20.4 Å². The Hall–Kier alpha value is -6.05. The van der Waals surface area contributed by atoms with Crippen LogP contribution in [0.3, 0.4) is 0 Å². The lowest BCUT2D eigenvalue weighted by Crippen LogP contribution is -2.51. The molecule has 4 aromatic rings. The van der Waals surface area contributed by atoms with Gasteiger partial charge in [-0.25, -0.2) is 24.2 Å². The summed E-state index contributed by atoms with van der Waals surface area (Å²) in [7, 11) is 1.33. The summed E-state index contributed by atoms with van der Waals surface area (Å²) in [6.07, 6.45) is -0.693. The lowest BCUT2D eigenvalue weighted by molar-refractivity contribution is -0.385. The predicted molar refractivity (Wildman–Crippen MR) is 179 cm³/mol. The Morgan fingerprint density at radius 2 is 1.57 bits per heavy atom. The first-order valence-electron chi connectivity index (χ1n) is 16.2. The smallest absolute Gasteiger partial charge is 0.359 e. The van der Waals surface area contributed by atoms with Crippen LogP contribution in [-0.4, -0.2) is 107 Å². The first-order chi connectivity index (χ1) is 25.2. The van der Waals surface area contributed by atoms with Gasteiger partial charge in [0.1, 0.15) is 6.20 Å². The molecule has 17 nitrogen and oxygen atoms in total. The lowest BCUT2D eigenvalue weighted by atomic mass is 10.1. The van der Waals surface area contributed by atoms with Crippen molar-refractivity contribution in [3.63, 3.8) is 0 Å². The molecule has 4 amide bonds. The number of aromatic nitrogens is 5. The molecule has 2 aliphatic rings. The number of rotatable bonds is 6. The highest BCUT2D eigenvalue weighted by Gasteiger charge is 2.39. The van der Waals surface area contributed by atoms with Crippen LogP contribution < -0.4 is 5.32 Å². The third kappa shape index (κ3) is 7.91. The van der Waals surface area contributed by atoms with Gasteiger partial charge in [0.2, 0.25) is 0 Å². The summed E-state index contributed by atoms with van der Waals surface area (Å²) in [5.41, 5.74) is -1.92. The molecule has 0 unspecified atom stereocenters. The highest BCUT2D eigenvalue weighted by atomic mass is 35.5. The number of carbonyl (C=O) groups is 4. The molecule has 6 rings (SSSR count). The van der Waals surface area contributed by atoms with E-state index in [1.54, 1.807) is 0 Å². The van der Waals surface area contributed by atoms with Crippen LogP contribution in [0.25, 0.3) is 17.1 Å². The molecule has 0 aliphatic carbocycles. The van der Waals surface area contributed by atoms with Crippen molar-refractivity contribution < 1.29 is 42.0 Å². The van der Waals surface area contributed by atoms with E-state index in [-0.39, 0.29) is 65.5 Å². The molecule has 2 saturated heterocycles. The summed E-state index contributed by atoms with van der Waals surface area (Å²) in [6.45, 7) is 1.65. The predicted octanol–water partition coefficient (Wildman–Crippen LogP) is 5.00. The molecule has 0 spiro atoms. The van der Waals surface area contributed by atoms with Crippen LogP contribution in [-0.2, 0) is 18.0 Å². The standard InChI is InChI=1S/C32H30ClF3N10O7/c1-41-24(22-18-45(40-26(22)32(34,35)36)25-8-6-20(16-37-25)46(51)52)17-38-27(41)28(47)39-19-5-7-21(23(33)15-19)29(48)42-11-13-44(14-12-42)31(50)53-30(49)43-9-3-2-4-10-43/h5-8,15-18H,2-4,9-14H2,1H3,(H,39,47). The third-order valence-corrected chi connectivity index (χ3v) is 9.01. The van der Waals surface area contributed by atoms with Crippen molar-refractivity contribution in [1.82, 2.24) is 39.0 Å². The van der Waals surface area contributed by atoms with Crippen LogP contribution in [0.2, 0.25) is 5.02 Å². The monoisotopic (exact) mass is 758 g/mol. The molecule has 2 aliphatic heterocycles. The van der Waals surface area contributed by atoms with E-state index in [1.807, 2.05) is 0 Å². The van der Waals surface area contributed by atoms with Crippen LogP contribution in [0, 0.1) is 10.1 Å². The first kappa shape index (κ1) is 36.7. The summed E-state index contributed by atoms with van der Waals surface area (Å²) in [6, 6.07) is 6.37. The van der Waals surface area contributed by atoms with E-state index in [1.165, 1.54) is 39.9 Å². The highest BCUT2D eigenvalue weighted by Crippen LogP contribution is 2.37. The van der Waals surface area contributed by atoms with Gasteiger partial charge < -0.3 is 29.3 Å². The molecule has 2 fully saturated rings. The van der Waals surface area contributed by atoms with Crippen LogP contribution >= 0.6 is 11.6 Å². The summed E-state index contributed by atoms with van der Waals surface area (Å²) >= 11 is 6.44. The summed E-state index contributed by atoms with van der Waals surface area (Å²) in [5, 5.41) is 17.1. The van der Waals surface area contributed by atoms with Gasteiger partial charge in [0.25, 0.3) is 17.5 Å². The Morgan fingerprint density at radius 1 is 0.906 bits per heavy atom. The number of hydrogen-bond acceptors (Lipinski definition) is 10. The van der Waals surface area contributed by atoms with Crippen molar-refractivity contribution in [2.75, 3.05) is 44.6 Å². The second kappa shape index (κ2) is 14.9. The summed E-state index contributed by atoms with van der Waals surface area (Å²) < 4.78 is 49.1. The average Bonchev–Trinajstić information content (AvgIpc) is 3.76. The maximum atomic E-state index is 14.0. The molecule has 0 atom stereocenters. The number of amides is 4. The second-order valence-corrected chi connectivity index (χ2v) is 12.5. The molecule has 0 bridgehead atoms. The minimum Gasteiger partial charge on any atom is -0.359 e. The Labute approximate surface area is 303 Å². The molecule has 278 valence electrons. The zero-order valence-corrected chi connectivity index (χ0v) is 28.6. The lowest BCUT2D eigenvalue weighted by Gasteiger charge is -2.34.